The first-order valence-corrected chi connectivity index (χ1v) is 4.99. The standard InChI is InChI=1S/C9H14N4O3/c1-2-3-10-8(14)6-13-7(4-9(15)16)5-11-12-13/h5H,2-4,6H2,1H3,(H,10,14)(H,15,16). The zero-order valence-corrected chi connectivity index (χ0v) is 9.01. The number of hydrogen-bond donors (Lipinski definition) is 2. The van der Waals surface area contributed by atoms with Crippen molar-refractivity contribution in [2.24, 2.45) is 0 Å². The predicted octanol–water partition coefficient (Wildman–Crippen LogP) is -0.569. The van der Waals surface area contributed by atoms with Gasteiger partial charge in [0.05, 0.1) is 18.3 Å². The molecule has 2 N–H and O–H groups in total. The molecule has 0 unspecified atom stereocenters. The fraction of sp³-hybridized carbons (Fsp3) is 0.556. The molecule has 7 nitrogen and oxygen atoms in total. The lowest BCUT2D eigenvalue weighted by Crippen LogP contribution is -2.29. The van der Waals surface area contributed by atoms with E-state index >= 15 is 0 Å². The van der Waals surface area contributed by atoms with Gasteiger partial charge in [-0.15, -0.1) is 5.10 Å². The second-order valence-electron chi connectivity index (χ2n) is 3.30. The van der Waals surface area contributed by atoms with Crippen molar-refractivity contribution in [3.63, 3.8) is 0 Å². The summed E-state index contributed by atoms with van der Waals surface area (Å²) in [4.78, 5) is 21.9. The summed E-state index contributed by atoms with van der Waals surface area (Å²) in [6.07, 6.45) is 2.01. The van der Waals surface area contributed by atoms with Crippen molar-refractivity contribution in [1.82, 2.24) is 20.3 Å². The van der Waals surface area contributed by atoms with Crippen LogP contribution < -0.4 is 5.32 Å². The molecule has 1 rings (SSSR count). The van der Waals surface area contributed by atoms with Gasteiger partial charge in [0.15, 0.2) is 0 Å². The highest BCUT2D eigenvalue weighted by Crippen LogP contribution is 1.97. The lowest BCUT2D eigenvalue weighted by molar-refractivity contribution is -0.136. The Hall–Kier alpha value is -1.92. The van der Waals surface area contributed by atoms with Gasteiger partial charge in [0.25, 0.3) is 0 Å². The SMILES string of the molecule is CCCNC(=O)Cn1nncc1CC(=O)O. The number of aliphatic carboxylic acids is 1. The molecular weight excluding hydrogens is 212 g/mol. The van der Waals surface area contributed by atoms with E-state index in [1.807, 2.05) is 6.92 Å². The first kappa shape index (κ1) is 12.2. The van der Waals surface area contributed by atoms with Crippen molar-refractivity contribution < 1.29 is 14.7 Å². The highest BCUT2D eigenvalue weighted by molar-refractivity contribution is 5.76. The zero-order chi connectivity index (χ0) is 12.0. The van der Waals surface area contributed by atoms with E-state index in [1.54, 1.807) is 0 Å². The highest BCUT2D eigenvalue weighted by atomic mass is 16.4. The van der Waals surface area contributed by atoms with E-state index < -0.39 is 5.97 Å². The van der Waals surface area contributed by atoms with Crippen LogP contribution in [-0.2, 0) is 22.6 Å². The predicted molar refractivity (Wildman–Crippen MR) is 54.7 cm³/mol. The van der Waals surface area contributed by atoms with Gasteiger partial charge in [0.1, 0.15) is 6.54 Å². The average molecular weight is 226 g/mol. The number of nitrogens with one attached hydrogen (secondary N) is 1. The molecule has 0 saturated carbocycles. The molecule has 0 saturated heterocycles. The van der Waals surface area contributed by atoms with Crippen LogP contribution in [0.4, 0.5) is 0 Å². The molecule has 1 aromatic rings. The van der Waals surface area contributed by atoms with Crippen LogP contribution in [0, 0.1) is 0 Å². The summed E-state index contributed by atoms with van der Waals surface area (Å²) in [5.74, 6) is -1.17. The Morgan fingerprint density at radius 2 is 2.31 bits per heavy atom. The van der Waals surface area contributed by atoms with E-state index in [9.17, 15) is 9.59 Å². The van der Waals surface area contributed by atoms with E-state index in [0.29, 0.717) is 12.2 Å². The molecule has 16 heavy (non-hydrogen) atoms. The molecule has 0 fully saturated rings. The molecule has 0 radical (unpaired) electrons. The highest BCUT2D eigenvalue weighted by Gasteiger charge is 2.10. The molecule has 0 bridgehead atoms. The fourth-order valence-corrected chi connectivity index (χ4v) is 1.16. The molecule has 0 spiro atoms. The van der Waals surface area contributed by atoms with Crippen molar-refractivity contribution in [3.8, 4) is 0 Å². The van der Waals surface area contributed by atoms with Gasteiger partial charge in [-0.3, -0.25) is 9.59 Å². The molecule has 7 heteroatoms. The molecular formula is C9H14N4O3. The second kappa shape index (κ2) is 5.84. The zero-order valence-electron chi connectivity index (χ0n) is 9.01. The van der Waals surface area contributed by atoms with E-state index in [-0.39, 0.29) is 18.9 Å². The Morgan fingerprint density at radius 3 is 2.94 bits per heavy atom. The largest absolute Gasteiger partial charge is 0.481 e. The van der Waals surface area contributed by atoms with E-state index in [4.69, 9.17) is 5.11 Å². The Bertz CT molecular complexity index is 375. The van der Waals surface area contributed by atoms with Crippen molar-refractivity contribution in [2.45, 2.75) is 26.3 Å². The van der Waals surface area contributed by atoms with Gasteiger partial charge in [-0.05, 0) is 6.42 Å². The quantitative estimate of drug-likeness (QED) is 0.677. The third-order valence-corrected chi connectivity index (χ3v) is 1.90. The van der Waals surface area contributed by atoms with Crippen molar-refractivity contribution >= 4 is 11.9 Å². The van der Waals surface area contributed by atoms with Gasteiger partial charge in [-0.2, -0.15) is 0 Å². The number of amides is 1. The first-order chi connectivity index (χ1) is 7.63. The van der Waals surface area contributed by atoms with Crippen molar-refractivity contribution in [2.75, 3.05) is 6.54 Å². The number of carboxylic acids is 1. The molecule has 0 aromatic carbocycles. The maximum absolute atomic E-state index is 11.4. The maximum Gasteiger partial charge on any atom is 0.309 e. The van der Waals surface area contributed by atoms with Crippen LogP contribution in [0.3, 0.4) is 0 Å². The molecule has 0 aliphatic rings. The number of rotatable bonds is 6. The van der Waals surface area contributed by atoms with Crippen LogP contribution in [-0.4, -0.2) is 38.5 Å². The maximum atomic E-state index is 11.4. The van der Waals surface area contributed by atoms with Gasteiger partial charge in [-0.25, -0.2) is 4.68 Å². The van der Waals surface area contributed by atoms with Crippen molar-refractivity contribution in [3.05, 3.63) is 11.9 Å². The summed E-state index contributed by atoms with van der Waals surface area (Å²) in [5, 5.41) is 18.5. The van der Waals surface area contributed by atoms with Gasteiger partial charge < -0.3 is 10.4 Å². The molecule has 0 atom stereocenters. The molecule has 1 heterocycles. The van der Waals surface area contributed by atoms with Crippen LogP contribution in [0.1, 0.15) is 19.0 Å². The van der Waals surface area contributed by atoms with Crippen LogP contribution in [0.2, 0.25) is 0 Å². The molecule has 1 aromatic heterocycles. The molecule has 88 valence electrons. The number of hydrogen-bond acceptors (Lipinski definition) is 4. The first-order valence-electron chi connectivity index (χ1n) is 4.99. The third kappa shape index (κ3) is 3.68. The molecule has 1 amide bonds. The second-order valence-corrected chi connectivity index (χ2v) is 3.30. The number of nitrogens with zero attached hydrogens (tertiary/aromatic N) is 3. The summed E-state index contributed by atoms with van der Waals surface area (Å²) >= 11 is 0. The molecule has 0 aliphatic heterocycles. The van der Waals surface area contributed by atoms with Crippen LogP contribution in [0.5, 0.6) is 0 Å². The summed E-state index contributed by atoms with van der Waals surface area (Å²) in [5.41, 5.74) is 0.416. The van der Waals surface area contributed by atoms with Gasteiger partial charge in [0, 0.05) is 6.54 Å². The van der Waals surface area contributed by atoms with Crippen LogP contribution in [0.15, 0.2) is 6.20 Å². The van der Waals surface area contributed by atoms with Crippen LogP contribution in [0.25, 0.3) is 0 Å². The van der Waals surface area contributed by atoms with E-state index in [2.05, 4.69) is 15.6 Å². The lowest BCUT2D eigenvalue weighted by Gasteiger charge is -2.05. The van der Waals surface area contributed by atoms with E-state index in [0.717, 1.165) is 6.42 Å². The fourth-order valence-electron chi connectivity index (χ4n) is 1.16. The monoisotopic (exact) mass is 226 g/mol. The summed E-state index contributed by atoms with van der Waals surface area (Å²) in [7, 11) is 0. The Labute approximate surface area is 92.4 Å². The minimum atomic E-state index is -0.975. The topological polar surface area (TPSA) is 97.1 Å². The Balaban J connectivity index is 2.56. The van der Waals surface area contributed by atoms with Crippen LogP contribution >= 0.6 is 0 Å². The van der Waals surface area contributed by atoms with Crippen molar-refractivity contribution in [1.29, 1.82) is 0 Å². The van der Waals surface area contributed by atoms with Gasteiger partial charge in [-0.1, -0.05) is 12.1 Å². The Morgan fingerprint density at radius 1 is 1.56 bits per heavy atom. The Kier molecular flexibility index (Phi) is 4.43. The smallest absolute Gasteiger partial charge is 0.309 e. The summed E-state index contributed by atoms with van der Waals surface area (Å²) in [6.45, 7) is 2.55. The van der Waals surface area contributed by atoms with Gasteiger partial charge in [0.2, 0.25) is 5.91 Å². The van der Waals surface area contributed by atoms with Gasteiger partial charge >= 0.3 is 5.97 Å². The number of aromatic nitrogens is 3. The summed E-state index contributed by atoms with van der Waals surface area (Å²) < 4.78 is 1.29. The third-order valence-electron chi connectivity index (χ3n) is 1.90. The number of carbonyl (C=O) groups is 2. The normalized spacial score (nSPS) is 10.1. The lowest BCUT2D eigenvalue weighted by atomic mass is 10.3. The minimum Gasteiger partial charge on any atom is -0.481 e. The number of carboxylic acid groups (broad SMARTS) is 1. The average Bonchev–Trinajstić information content (AvgIpc) is 2.62. The minimum absolute atomic E-state index is 0.00259. The molecule has 0 aliphatic carbocycles. The number of carbonyl (C=O) groups excluding carboxylic acids is 1. The van der Waals surface area contributed by atoms with E-state index in [1.165, 1.54) is 10.9 Å². The summed E-state index contributed by atoms with van der Waals surface area (Å²) in [6, 6.07) is 0.